The van der Waals surface area contributed by atoms with E-state index in [0.717, 1.165) is 0 Å². The fourth-order valence-corrected chi connectivity index (χ4v) is 2.22. The average molecular weight is 295 g/mol. The summed E-state index contributed by atoms with van der Waals surface area (Å²) in [7, 11) is 1.37. The fraction of sp³-hybridized carbons (Fsp3) is 0.533. The van der Waals surface area contributed by atoms with Gasteiger partial charge in [-0.25, -0.2) is 0 Å². The van der Waals surface area contributed by atoms with E-state index in [1.165, 1.54) is 13.2 Å². The van der Waals surface area contributed by atoms with E-state index >= 15 is 0 Å². The van der Waals surface area contributed by atoms with Crippen molar-refractivity contribution in [1.29, 1.82) is 0 Å². The van der Waals surface area contributed by atoms with Crippen molar-refractivity contribution < 1.29 is 24.1 Å². The molecule has 1 aromatic carbocycles. The molecule has 0 aliphatic carbocycles. The van der Waals surface area contributed by atoms with Crippen LogP contribution in [0.15, 0.2) is 12.1 Å². The highest BCUT2D eigenvalue weighted by Gasteiger charge is 2.22. The van der Waals surface area contributed by atoms with Gasteiger partial charge in [0.15, 0.2) is 11.5 Å². The number of rotatable bonds is 6. The lowest BCUT2D eigenvalue weighted by molar-refractivity contribution is -0.143. The summed E-state index contributed by atoms with van der Waals surface area (Å²) in [5.74, 6) is 1.29. The van der Waals surface area contributed by atoms with Gasteiger partial charge in [-0.3, -0.25) is 4.79 Å². The van der Waals surface area contributed by atoms with Crippen LogP contribution < -0.4 is 14.8 Å². The van der Waals surface area contributed by atoms with Gasteiger partial charge in [-0.05, 0) is 18.4 Å². The van der Waals surface area contributed by atoms with Crippen molar-refractivity contribution in [3.63, 3.8) is 0 Å². The van der Waals surface area contributed by atoms with E-state index in [-0.39, 0.29) is 18.5 Å². The minimum atomic E-state index is -0.403. The second-order valence-electron chi connectivity index (χ2n) is 5.42. The van der Waals surface area contributed by atoms with Crippen LogP contribution in [0.4, 0.5) is 0 Å². The summed E-state index contributed by atoms with van der Waals surface area (Å²) in [6.07, 6.45) is 0.665. The number of phenols is 1. The number of phenolic OH excluding ortho intramolecular Hbond substituents is 1. The van der Waals surface area contributed by atoms with Crippen molar-refractivity contribution in [1.82, 2.24) is 5.32 Å². The fourth-order valence-electron chi connectivity index (χ4n) is 2.22. The van der Waals surface area contributed by atoms with Gasteiger partial charge in [-0.2, -0.15) is 0 Å². The van der Waals surface area contributed by atoms with E-state index in [4.69, 9.17) is 14.2 Å². The number of hydrogen-bond donors (Lipinski definition) is 2. The summed E-state index contributed by atoms with van der Waals surface area (Å²) in [4.78, 5) is 11.7. The van der Waals surface area contributed by atoms with Crippen LogP contribution in [0.5, 0.6) is 17.2 Å². The SMILES string of the molecule is COC(=O)C(CC(C)C)NCc1cc2c(cc1O)OCO2. The lowest BCUT2D eigenvalue weighted by atomic mass is 10.0. The number of fused-ring (bicyclic) bond motifs is 1. The molecule has 1 heterocycles. The van der Waals surface area contributed by atoms with Gasteiger partial charge >= 0.3 is 5.97 Å². The molecule has 2 rings (SSSR count). The topological polar surface area (TPSA) is 77.0 Å². The van der Waals surface area contributed by atoms with E-state index in [1.807, 2.05) is 13.8 Å². The number of hydrogen-bond acceptors (Lipinski definition) is 6. The molecule has 0 bridgehead atoms. The second kappa shape index (κ2) is 6.67. The molecule has 1 aliphatic heterocycles. The molecule has 1 atom stereocenters. The highest BCUT2D eigenvalue weighted by Crippen LogP contribution is 2.37. The molecular formula is C15H21NO5. The molecular weight excluding hydrogens is 274 g/mol. The molecule has 0 saturated carbocycles. The van der Waals surface area contributed by atoms with E-state index in [0.29, 0.717) is 35.9 Å². The molecule has 21 heavy (non-hydrogen) atoms. The maximum absolute atomic E-state index is 11.7. The minimum absolute atomic E-state index is 0.111. The average Bonchev–Trinajstić information content (AvgIpc) is 2.88. The van der Waals surface area contributed by atoms with Crippen molar-refractivity contribution >= 4 is 5.97 Å². The van der Waals surface area contributed by atoms with Crippen molar-refractivity contribution in [3.8, 4) is 17.2 Å². The molecule has 6 nitrogen and oxygen atoms in total. The van der Waals surface area contributed by atoms with Crippen LogP contribution in [0.1, 0.15) is 25.8 Å². The van der Waals surface area contributed by atoms with Crippen molar-refractivity contribution in [2.24, 2.45) is 5.92 Å². The molecule has 0 radical (unpaired) electrons. The van der Waals surface area contributed by atoms with Crippen LogP contribution in [0.25, 0.3) is 0 Å². The zero-order chi connectivity index (χ0) is 15.4. The highest BCUT2D eigenvalue weighted by atomic mass is 16.7. The first-order valence-corrected chi connectivity index (χ1v) is 6.94. The number of carbonyl (C=O) groups is 1. The number of nitrogens with one attached hydrogen (secondary N) is 1. The summed E-state index contributed by atoms with van der Waals surface area (Å²) < 4.78 is 15.3. The van der Waals surface area contributed by atoms with Gasteiger partial charge in [-0.15, -0.1) is 0 Å². The van der Waals surface area contributed by atoms with Crippen LogP contribution >= 0.6 is 0 Å². The molecule has 0 amide bonds. The number of ether oxygens (including phenoxy) is 3. The standard InChI is InChI=1S/C15H21NO5/c1-9(2)4-11(15(18)19-3)16-7-10-5-13-14(6-12(10)17)21-8-20-13/h5-6,9,11,16-17H,4,7-8H2,1-3H3. The largest absolute Gasteiger partial charge is 0.507 e. The first-order chi connectivity index (χ1) is 10.0. The molecule has 0 spiro atoms. The molecule has 2 N–H and O–H groups in total. The van der Waals surface area contributed by atoms with Crippen LogP contribution in [0, 0.1) is 5.92 Å². The molecule has 6 heteroatoms. The Morgan fingerprint density at radius 2 is 2.05 bits per heavy atom. The zero-order valence-electron chi connectivity index (χ0n) is 12.5. The highest BCUT2D eigenvalue weighted by molar-refractivity contribution is 5.75. The summed E-state index contributed by atoms with van der Waals surface area (Å²) in [6, 6.07) is 2.84. The number of benzene rings is 1. The van der Waals surface area contributed by atoms with Crippen molar-refractivity contribution in [2.45, 2.75) is 32.9 Å². The smallest absolute Gasteiger partial charge is 0.322 e. The van der Waals surface area contributed by atoms with Crippen LogP contribution in [0.2, 0.25) is 0 Å². The predicted octanol–water partition coefficient (Wildman–Crippen LogP) is 1.80. The maximum atomic E-state index is 11.7. The van der Waals surface area contributed by atoms with Crippen LogP contribution in [0.3, 0.4) is 0 Å². The van der Waals surface area contributed by atoms with Crippen molar-refractivity contribution in [2.75, 3.05) is 13.9 Å². The van der Waals surface area contributed by atoms with Gasteiger partial charge in [0.2, 0.25) is 6.79 Å². The molecule has 1 aliphatic rings. The Bertz CT molecular complexity index is 515. The Morgan fingerprint density at radius 1 is 1.38 bits per heavy atom. The summed E-state index contributed by atoms with van der Waals surface area (Å²) in [5.41, 5.74) is 0.650. The minimum Gasteiger partial charge on any atom is -0.507 e. The molecule has 0 aromatic heterocycles. The van der Waals surface area contributed by atoms with Gasteiger partial charge in [0.05, 0.1) is 7.11 Å². The third kappa shape index (κ3) is 3.78. The van der Waals surface area contributed by atoms with Gasteiger partial charge in [-0.1, -0.05) is 13.8 Å². The normalized spacial score (nSPS) is 14.3. The molecule has 116 valence electrons. The van der Waals surface area contributed by atoms with Crippen molar-refractivity contribution in [3.05, 3.63) is 17.7 Å². The predicted molar refractivity (Wildman–Crippen MR) is 76.3 cm³/mol. The number of methoxy groups -OCH3 is 1. The maximum Gasteiger partial charge on any atom is 0.322 e. The van der Waals surface area contributed by atoms with E-state index in [1.54, 1.807) is 6.07 Å². The third-order valence-corrected chi connectivity index (χ3v) is 3.31. The number of carbonyl (C=O) groups excluding carboxylic acids is 1. The second-order valence-corrected chi connectivity index (χ2v) is 5.42. The number of aromatic hydroxyl groups is 1. The zero-order valence-corrected chi connectivity index (χ0v) is 12.5. The van der Waals surface area contributed by atoms with E-state index in [2.05, 4.69) is 5.32 Å². The quantitative estimate of drug-likeness (QED) is 0.779. The molecule has 0 fully saturated rings. The lowest BCUT2D eigenvalue weighted by Gasteiger charge is -2.18. The first-order valence-electron chi connectivity index (χ1n) is 6.94. The molecule has 1 aromatic rings. The van der Waals surface area contributed by atoms with Crippen LogP contribution in [-0.2, 0) is 16.1 Å². The Hall–Kier alpha value is -1.95. The Labute approximate surface area is 124 Å². The van der Waals surface area contributed by atoms with Gasteiger partial charge in [0, 0.05) is 18.2 Å². The van der Waals surface area contributed by atoms with Crippen LogP contribution in [-0.4, -0.2) is 31.0 Å². The summed E-state index contributed by atoms with van der Waals surface area (Å²) in [6.45, 7) is 4.57. The monoisotopic (exact) mass is 295 g/mol. The van der Waals surface area contributed by atoms with E-state index in [9.17, 15) is 9.90 Å². The van der Waals surface area contributed by atoms with E-state index < -0.39 is 6.04 Å². The van der Waals surface area contributed by atoms with Gasteiger partial charge in [0.25, 0.3) is 0 Å². The molecule has 1 unspecified atom stereocenters. The van der Waals surface area contributed by atoms with Gasteiger partial charge < -0.3 is 24.6 Å². The lowest BCUT2D eigenvalue weighted by Crippen LogP contribution is -2.38. The van der Waals surface area contributed by atoms with Gasteiger partial charge in [0.1, 0.15) is 11.8 Å². The Kier molecular flexibility index (Phi) is 4.90. The summed E-state index contributed by atoms with van der Waals surface area (Å²) in [5, 5.41) is 13.1. The molecule has 0 saturated heterocycles. The Balaban J connectivity index is 2.05. The first kappa shape index (κ1) is 15.4. The number of esters is 1. The Morgan fingerprint density at radius 3 is 2.67 bits per heavy atom. The third-order valence-electron chi connectivity index (χ3n) is 3.31. The summed E-state index contributed by atoms with van der Waals surface area (Å²) >= 11 is 0.